The van der Waals surface area contributed by atoms with Gasteiger partial charge in [-0.15, -0.1) is 12.4 Å². The third-order valence-corrected chi connectivity index (χ3v) is 5.69. The van der Waals surface area contributed by atoms with E-state index in [1.807, 2.05) is 51.1 Å². The van der Waals surface area contributed by atoms with Crippen LogP contribution in [0.15, 0.2) is 30.3 Å². The number of carbonyl (C=O) groups excluding carboxylic acids is 2. The third kappa shape index (κ3) is 5.04. The zero-order valence-electron chi connectivity index (χ0n) is 17.2. The van der Waals surface area contributed by atoms with Crippen molar-refractivity contribution < 1.29 is 19.1 Å². The largest absolute Gasteiger partial charge is 0.466 e. The first-order valence-corrected chi connectivity index (χ1v) is 9.65. The Hall–Kier alpha value is -1.63. The molecule has 1 amide bonds. The van der Waals surface area contributed by atoms with Crippen LogP contribution >= 0.6 is 12.4 Å². The minimum absolute atomic E-state index is 0. The van der Waals surface area contributed by atoms with Gasteiger partial charge < -0.3 is 20.5 Å². The van der Waals surface area contributed by atoms with Gasteiger partial charge in [-0.2, -0.15) is 0 Å². The van der Waals surface area contributed by atoms with E-state index in [0.717, 1.165) is 5.56 Å². The highest BCUT2D eigenvalue weighted by Gasteiger charge is 2.62. The molecule has 2 rings (SSSR count). The van der Waals surface area contributed by atoms with Crippen molar-refractivity contribution in [3.63, 3.8) is 0 Å². The zero-order valence-corrected chi connectivity index (χ0v) is 18.0. The van der Waals surface area contributed by atoms with Gasteiger partial charge in [0.2, 0.25) is 5.91 Å². The molecule has 0 saturated heterocycles. The first-order chi connectivity index (χ1) is 12.8. The Morgan fingerprint density at radius 3 is 2.39 bits per heavy atom. The first-order valence-electron chi connectivity index (χ1n) is 9.65. The van der Waals surface area contributed by atoms with E-state index in [0.29, 0.717) is 26.1 Å². The molecule has 1 fully saturated rings. The summed E-state index contributed by atoms with van der Waals surface area (Å²) in [4.78, 5) is 25.1. The molecule has 3 N–H and O–H groups in total. The maximum Gasteiger partial charge on any atom is 0.311 e. The summed E-state index contributed by atoms with van der Waals surface area (Å²) in [6, 6.07) is 9.70. The van der Waals surface area contributed by atoms with E-state index in [1.165, 1.54) is 0 Å². The number of amides is 1. The number of nitrogens with two attached hydrogens (primary N) is 1. The van der Waals surface area contributed by atoms with Gasteiger partial charge in [-0.05, 0) is 25.8 Å². The Morgan fingerprint density at radius 2 is 1.86 bits per heavy atom. The van der Waals surface area contributed by atoms with Crippen LogP contribution < -0.4 is 11.1 Å². The Kier molecular flexibility index (Phi) is 8.92. The summed E-state index contributed by atoms with van der Waals surface area (Å²) in [5, 5.41) is 2.88. The molecule has 1 aromatic carbocycles. The van der Waals surface area contributed by atoms with Crippen molar-refractivity contribution in [3.05, 3.63) is 35.9 Å². The van der Waals surface area contributed by atoms with Gasteiger partial charge in [0.05, 0.1) is 18.6 Å². The van der Waals surface area contributed by atoms with Crippen LogP contribution in [-0.2, 0) is 25.5 Å². The van der Waals surface area contributed by atoms with Gasteiger partial charge in [0.1, 0.15) is 5.54 Å². The van der Waals surface area contributed by atoms with Crippen LogP contribution in [0.5, 0.6) is 0 Å². The molecule has 6 nitrogen and oxygen atoms in total. The Bertz CT molecular complexity index is 653. The van der Waals surface area contributed by atoms with Crippen molar-refractivity contribution >= 4 is 24.3 Å². The standard InChI is InChI=1S/C21H32N2O4.ClH/c1-5-26-17-13-21(22,20(17,3)4)19(25)23-14-16(18(24)27-6-2)12-15-10-8-7-9-11-15;/h7-11,16-17H,5-6,12-14,22H2,1-4H3,(H,23,25);1H. The summed E-state index contributed by atoms with van der Waals surface area (Å²) < 4.78 is 10.9. The molecule has 158 valence electrons. The normalized spacial score (nSPS) is 23.7. The molecule has 28 heavy (non-hydrogen) atoms. The number of carbonyl (C=O) groups is 2. The monoisotopic (exact) mass is 412 g/mol. The molecule has 3 atom stereocenters. The van der Waals surface area contributed by atoms with Crippen LogP contribution in [0.25, 0.3) is 0 Å². The van der Waals surface area contributed by atoms with Gasteiger partial charge >= 0.3 is 5.97 Å². The number of nitrogens with one attached hydrogen (secondary N) is 1. The van der Waals surface area contributed by atoms with Gasteiger partial charge in [0.15, 0.2) is 0 Å². The van der Waals surface area contributed by atoms with E-state index in [4.69, 9.17) is 15.2 Å². The lowest BCUT2D eigenvalue weighted by atomic mass is 9.54. The molecule has 0 bridgehead atoms. The maximum absolute atomic E-state index is 12.8. The Labute approximate surface area is 173 Å². The van der Waals surface area contributed by atoms with Crippen molar-refractivity contribution in [1.29, 1.82) is 0 Å². The second-order valence-electron chi connectivity index (χ2n) is 7.69. The van der Waals surface area contributed by atoms with Crippen molar-refractivity contribution in [2.45, 2.75) is 52.2 Å². The molecular weight excluding hydrogens is 380 g/mol. The number of esters is 1. The van der Waals surface area contributed by atoms with Crippen LogP contribution in [-0.4, -0.2) is 43.3 Å². The van der Waals surface area contributed by atoms with E-state index in [9.17, 15) is 9.59 Å². The summed E-state index contributed by atoms with van der Waals surface area (Å²) in [6.07, 6.45) is 0.939. The second kappa shape index (κ2) is 10.2. The van der Waals surface area contributed by atoms with E-state index in [-0.39, 0.29) is 36.9 Å². The highest BCUT2D eigenvalue weighted by molar-refractivity contribution is 5.89. The van der Waals surface area contributed by atoms with Crippen LogP contribution in [0.2, 0.25) is 0 Å². The molecule has 1 saturated carbocycles. The van der Waals surface area contributed by atoms with E-state index < -0.39 is 16.9 Å². The summed E-state index contributed by atoms with van der Waals surface area (Å²) >= 11 is 0. The molecule has 0 radical (unpaired) electrons. The van der Waals surface area contributed by atoms with E-state index >= 15 is 0 Å². The van der Waals surface area contributed by atoms with Gasteiger partial charge in [0, 0.05) is 25.0 Å². The summed E-state index contributed by atoms with van der Waals surface area (Å²) in [7, 11) is 0. The van der Waals surface area contributed by atoms with Crippen molar-refractivity contribution in [2.75, 3.05) is 19.8 Å². The molecule has 0 aliphatic heterocycles. The number of ether oxygens (including phenoxy) is 2. The fraction of sp³-hybridized carbons (Fsp3) is 0.619. The lowest BCUT2D eigenvalue weighted by Crippen LogP contribution is -2.76. The predicted octanol–water partition coefficient (Wildman–Crippen LogP) is 2.48. The Balaban J connectivity index is 0.00000392. The maximum atomic E-state index is 12.8. The van der Waals surface area contributed by atoms with Crippen molar-refractivity contribution in [3.8, 4) is 0 Å². The fourth-order valence-electron chi connectivity index (χ4n) is 3.59. The van der Waals surface area contributed by atoms with Crippen LogP contribution in [0, 0.1) is 11.3 Å². The topological polar surface area (TPSA) is 90.7 Å². The average Bonchev–Trinajstić information content (AvgIpc) is 2.65. The second-order valence-corrected chi connectivity index (χ2v) is 7.69. The van der Waals surface area contributed by atoms with Crippen LogP contribution in [0.1, 0.15) is 39.7 Å². The lowest BCUT2D eigenvalue weighted by molar-refractivity contribution is -0.171. The quantitative estimate of drug-likeness (QED) is 0.608. The molecule has 3 unspecified atom stereocenters. The van der Waals surface area contributed by atoms with Gasteiger partial charge in [0.25, 0.3) is 0 Å². The number of hydrogen-bond donors (Lipinski definition) is 2. The minimum atomic E-state index is -1.00. The highest BCUT2D eigenvalue weighted by atomic mass is 35.5. The third-order valence-electron chi connectivity index (χ3n) is 5.69. The molecule has 1 aliphatic rings. The average molecular weight is 413 g/mol. The SMILES string of the molecule is CCOC(=O)C(CNC(=O)C1(N)CC(OCC)C1(C)C)Cc1ccccc1.Cl. The zero-order chi connectivity index (χ0) is 20.1. The summed E-state index contributed by atoms with van der Waals surface area (Å²) in [5.41, 5.74) is 5.96. The number of benzene rings is 1. The smallest absolute Gasteiger partial charge is 0.311 e. The Morgan fingerprint density at radius 1 is 1.21 bits per heavy atom. The van der Waals surface area contributed by atoms with E-state index in [2.05, 4.69) is 5.32 Å². The molecule has 0 heterocycles. The molecule has 0 aromatic heterocycles. The van der Waals surface area contributed by atoms with E-state index in [1.54, 1.807) is 6.92 Å². The first kappa shape index (κ1) is 24.4. The number of rotatable bonds is 9. The predicted molar refractivity (Wildman–Crippen MR) is 111 cm³/mol. The van der Waals surface area contributed by atoms with Crippen LogP contribution in [0.3, 0.4) is 0 Å². The minimum Gasteiger partial charge on any atom is -0.466 e. The summed E-state index contributed by atoms with van der Waals surface area (Å²) in [6.45, 7) is 8.69. The molecule has 1 aromatic rings. The number of halogens is 1. The van der Waals surface area contributed by atoms with Gasteiger partial charge in [-0.1, -0.05) is 44.2 Å². The van der Waals surface area contributed by atoms with Crippen LogP contribution in [0.4, 0.5) is 0 Å². The van der Waals surface area contributed by atoms with Gasteiger partial charge in [-0.3, -0.25) is 9.59 Å². The lowest BCUT2D eigenvalue weighted by Gasteiger charge is -2.57. The summed E-state index contributed by atoms with van der Waals surface area (Å²) in [5.74, 6) is -1.01. The van der Waals surface area contributed by atoms with Gasteiger partial charge in [-0.25, -0.2) is 0 Å². The fourth-order valence-corrected chi connectivity index (χ4v) is 3.59. The van der Waals surface area contributed by atoms with Crippen molar-refractivity contribution in [2.24, 2.45) is 17.1 Å². The van der Waals surface area contributed by atoms with Crippen molar-refractivity contribution in [1.82, 2.24) is 5.32 Å². The highest BCUT2D eigenvalue weighted by Crippen LogP contribution is 2.49. The number of hydrogen-bond acceptors (Lipinski definition) is 5. The molecule has 7 heteroatoms. The molecule has 1 aliphatic carbocycles. The molecule has 0 spiro atoms. The molecular formula is C21H33ClN2O4.